The highest BCUT2D eigenvalue weighted by Crippen LogP contribution is 2.40. The van der Waals surface area contributed by atoms with E-state index in [-0.39, 0.29) is 34.8 Å². The Morgan fingerprint density at radius 2 is 2.16 bits per heavy atom. The van der Waals surface area contributed by atoms with E-state index in [0.717, 1.165) is 18.5 Å². The van der Waals surface area contributed by atoms with Gasteiger partial charge in [0.25, 0.3) is 5.91 Å². The molecule has 0 spiro atoms. The van der Waals surface area contributed by atoms with E-state index >= 15 is 0 Å². The fourth-order valence-electron chi connectivity index (χ4n) is 4.99. The van der Waals surface area contributed by atoms with Crippen molar-refractivity contribution in [3.05, 3.63) is 59.4 Å². The molecule has 37 heavy (non-hydrogen) atoms. The SMILES string of the molecule is C=CC(=O)N1C[C@@H](n2nc(C#Cc3cc4ncc(C5CC5)n4cc3F)c(C(N)=O)c2NC)C[C@@H]1COC. The van der Waals surface area contributed by atoms with Gasteiger partial charge in [0.05, 0.1) is 24.3 Å². The number of halogens is 1. The van der Waals surface area contributed by atoms with Crippen LogP contribution < -0.4 is 11.1 Å². The van der Waals surface area contributed by atoms with Crippen LogP contribution in [0.25, 0.3) is 5.65 Å². The lowest BCUT2D eigenvalue weighted by Crippen LogP contribution is -2.37. The van der Waals surface area contributed by atoms with Gasteiger partial charge in [0.2, 0.25) is 5.91 Å². The van der Waals surface area contributed by atoms with E-state index in [1.807, 2.05) is 0 Å². The zero-order chi connectivity index (χ0) is 26.3. The van der Waals surface area contributed by atoms with Gasteiger partial charge >= 0.3 is 0 Å². The highest BCUT2D eigenvalue weighted by Gasteiger charge is 2.38. The quantitative estimate of drug-likeness (QED) is 0.375. The molecule has 1 aliphatic carbocycles. The summed E-state index contributed by atoms with van der Waals surface area (Å²) in [4.78, 5) is 30.9. The number of carbonyl (C=O) groups is 2. The van der Waals surface area contributed by atoms with Crippen LogP contribution in [0.15, 0.2) is 31.1 Å². The summed E-state index contributed by atoms with van der Waals surface area (Å²) < 4.78 is 23.6. The Morgan fingerprint density at radius 1 is 1.38 bits per heavy atom. The third kappa shape index (κ3) is 4.44. The normalized spacial score (nSPS) is 19.1. The van der Waals surface area contributed by atoms with Gasteiger partial charge in [-0.2, -0.15) is 5.10 Å². The average molecular weight is 506 g/mol. The molecule has 1 aliphatic heterocycles. The summed E-state index contributed by atoms with van der Waals surface area (Å²) in [5.41, 5.74) is 7.66. The number of nitrogens with two attached hydrogens (primary N) is 1. The molecule has 4 heterocycles. The van der Waals surface area contributed by atoms with Crippen LogP contribution in [-0.4, -0.2) is 69.2 Å². The van der Waals surface area contributed by atoms with Gasteiger partial charge in [-0.3, -0.25) is 9.59 Å². The van der Waals surface area contributed by atoms with Crippen molar-refractivity contribution in [3.8, 4) is 11.8 Å². The lowest BCUT2D eigenvalue weighted by Gasteiger charge is -2.22. The van der Waals surface area contributed by atoms with Crippen LogP contribution in [0.5, 0.6) is 0 Å². The molecule has 5 rings (SSSR count). The minimum Gasteiger partial charge on any atom is -0.383 e. The first-order valence-corrected chi connectivity index (χ1v) is 12.1. The number of amides is 2. The molecular weight excluding hydrogens is 477 g/mol. The maximum absolute atomic E-state index is 14.9. The topological polar surface area (TPSA) is 120 Å². The van der Waals surface area contributed by atoms with Crippen molar-refractivity contribution in [3.63, 3.8) is 0 Å². The average Bonchev–Trinajstić information content (AvgIpc) is 3.33. The van der Waals surface area contributed by atoms with E-state index in [9.17, 15) is 14.0 Å². The number of nitrogens with one attached hydrogen (secondary N) is 1. The van der Waals surface area contributed by atoms with Crippen LogP contribution in [0.2, 0.25) is 0 Å². The van der Waals surface area contributed by atoms with Gasteiger partial charge in [-0.1, -0.05) is 12.5 Å². The van der Waals surface area contributed by atoms with E-state index in [1.54, 1.807) is 40.4 Å². The third-order valence-electron chi connectivity index (χ3n) is 6.89. The first kappa shape index (κ1) is 24.5. The van der Waals surface area contributed by atoms with E-state index in [0.29, 0.717) is 37.0 Å². The van der Waals surface area contributed by atoms with Crippen molar-refractivity contribution in [2.75, 3.05) is 32.6 Å². The summed E-state index contributed by atoms with van der Waals surface area (Å²) in [5, 5.41) is 7.56. The molecular formula is C26H28FN7O3. The standard InChI is InChI=1S/C26H28FN7O3/c1-4-23(35)32-12-17(10-18(32)14-37-3)34-26(29-2)24(25(28)36)20(31-34)8-7-16-9-22-30-11-21(15-5-6-15)33(22)13-19(16)27/h4,9,11,13,15,17-18,29H,1,5-6,10,12,14H2,2-3H3,(H2,28,36)/t17-,18+/m0/s1. The summed E-state index contributed by atoms with van der Waals surface area (Å²) in [5.74, 6) is 5.01. The van der Waals surface area contributed by atoms with Gasteiger partial charge in [-0.25, -0.2) is 14.1 Å². The maximum atomic E-state index is 14.9. The second-order valence-electron chi connectivity index (χ2n) is 9.30. The van der Waals surface area contributed by atoms with Crippen LogP contribution in [-0.2, 0) is 9.53 Å². The van der Waals surface area contributed by atoms with E-state index in [4.69, 9.17) is 10.5 Å². The number of pyridine rings is 1. The summed E-state index contributed by atoms with van der Waals surface area (Å²) in [6.07, 6.45) is 7.13. The molecule has 0 aromatic carbocycles. The number of ether oxygens (including phenoxy) is 1. The van der Waals surface area contributed by atoms with Crippen LogP contribution >= 0.6 is 0 Å². The molecule has 2 aliphatic rings. The summed E-state index contributed by atoms with van der Waals surface area (Å²) in [6.45, 7) is 4.27. The summed E-state index contributed by atoms with van der Waals surface area (Å²) in [6, 6.07) is 1.13. The fraction of sp³-hybridized carbons (Fsp3) is 0.385. The number of aromatic nitrogens is 4. The predicted octanol–water partition coefficient (Wildman–Crippen LogP) is 2.06. The van der Waals surface area contributed by atoms with Gasteiger partial charge in [0.1, 0.15) is 17.0 Å². The highest BCUT2D eigenvalue weighted by atomic mass is 19.1. The van der Waals surface area contributed by atoms with Crippen LogP contribution in [0.3, 0.4) is 0 Å². The number of fused-ring (bicyclic) bond motifs is 1. The fourth-order valence-corrected chi connectivity index (χ4v) is 4.99. The molecule has 2 atom stereocenters. The van der Waals surface area contributed by atoms with Crippen LogP contribution in [0.4, 0.5) is 10.2 Å². The third-order valence-corrected chi connectivity index (χ3v) is 6.89. The zero-order valence-corrected chi connectivity index (χ0v) is 20.7. The molecule has 2 fully saturated rings. The Morgan fingerprint density at radius 3 is 2.81 bits per heavy atom. The molecule has 11 heteroatoms. The number of imidazole rings is 1. The molecule has 3 aromatic rings. The number of methoxy groups -OCH3 is 1. The van der Waals surface area contributed by atoms with Gasteiger partial charge in [0.15, 0.2) is 11.5 Å². The lowest BCUT2D eigenvalue weighted by molar-refractivity contribution is -0.127. The second kappa shape index (κ2) is 9.71. The van der Waals surface area contributed by atoms with Crippen molar-refractivity contribution in [1.29, 1.82) is 0 Å². The molecule has 3 N–H and O–H groups in total. The molecule has 192 valence electrons. The largest absolute Gasteiger partial charge is 0.383 e. The first-order valence-electron chi connectivity index (χ1n) is 12.1. The lowest BCUT2D eigenvalue weighted by atomic mass is 10.1. The van der Waals surface area contributed by atoms with Gasteiger partial charge in [-0.15, -0.1) is 0 Å². The van der Waals surface area contributed by atoms with E-state index in [1.165, 1.54) is 12.3 Å². The van der Waals surface area contributed by atoms with E-state index in [2.05, 4.69) is 33.8 Å². The Labute approximate surface area is 213 Å². The van der Waals surface area contributed by atoms with Crippen molar-refractivity contribution < 1.29 is 18.7 Å². The van der Waals surface area contributed by atoms with Crippen molar-refractivity contribution in [2.45, 2.75) is 37.3 Å². The molecule has 1 saturated heterocycles. The Balaban J connectivity index is 1.52. The smallest absolute Gasteiger partial charge is 0.255 e. The molecule has 0 bridgehead atoms. The van der Waals surface area contributed by atoms with Crippen molar-refractivity contribution in [1.82, 2.24) is 24.1 Å². The zero-order valence-electron chi connectivity index (χ0n) is 20.7. The second-order valence-corrected chi connectivity index (χ2v) is 9.30. The predicted molar refractivity (Wildman–Crippen MR) is 135 cm³/mol. The van der Waals surface area contributed by atoms with Crippen molar-refractivity contribution in [2.24, 2.45) is 5.73 Å². The van der Waals surface area contributed by atoms with Crippen molar-refractivity contribution >= 4 is 23.3 Å². The number of anilines is 1. The Bertz CT molecular complexity index is 1460. The number of hydrogen-bond acceptors (Lipinski definition) is 6. The summed E-state index contributed by atoms with van der Waals surface area (Å²) in [7, 11) is 3.22. The number of primary amides is 1. The van der Waals surface area contributed by atoms with Crippen LogP contribution in [0.1, 0.15) is 58.5 Å². The Kier molecular flexibility index (Phi) is 6.43. The minimum absolute atomic E-state index is 0.102. The van der Waals surface area contributed by atoms with Crippen LogP contribution in [0, 0.1) is 17.7 Å². The molecule has 3 aromatic heterocycles. The number of likely N-dealkylation sites (tertiary alicyclic amines) is 1. The number of carbonyl (C=O) groups excluding carboxylic acids is 2. The minimum atomic E-state index is -0.719. The maximum Gasteiger partial charge on any atom is 0.255 e. The molecule has 0 radical (unpaired) electrons. The van der Waals surface area contributed by atoms with Gasteiger partial charge in [0, 0.05) is 44.7 Å². The highest BCUT2D eigenvalue weighted by molar-refractivity contribution is 6.00. The van der Waals surface area contributed by atoms with E-state index < -0.39 is 11.7 Å². The van der Waals surface area contributed by atoms with Gasteiger partial charge in [-0.05, 0) is 37.3 Å². The molecule has 1 saturated carbocycles. The number of nitrogens with zero attached hydrogens (tertiary/aromatic N) is 5. The molecule has 2 amide bonds. The monoisotopic (exact) mass is 505 g/mol. The first-order chi connectivity index (χ1) is 17.9. The number of rotatable bonds is 7. The van der Waals surface area contributed by atoms with Gasteiger partial charge < -0.3 is 25.1 Å². The summed E-state index contributed by atoms with van der Waals surface area (Å²) >= 11 is 0. The Hall–Kier alpha value is -4.17. The molecule has 0 unspecified atom stereocenters. The molecule has 10 nitrogen and oxygen atoms in total. The number of hydrogen-bond donors (Lipinski definition) is 2.